The number of halogens is 6. The molecule has 0 nitrogen and oxygen atoms in total. The van der Waals surface area contributed by atoms with Crippen molar-refractivity contribution in [2.75, 3.05) is 0 Å². The first-order valence-corrected chi connectivity index (χ1v) is 5.80. The molecule has 7 heteroatoms. The summed E-state index contributed by atoms with van der Waals surface area (Å²) in [6.45, 7) is 0. The van der Waals surface area contributed by atoms with Crippen LogP contribution in [0.3, 0.4) is 0 Å². The molecule has 0 atom stereocenters. The van der Waals surface area contributed by atoms with E-state index in [1.807, 2.05) is 0 Å². The number of hydrogen-bond donors (Lipinski definition) is 0. The first-order valence-electron chi connectivity index (χ1n) is 1.30. The number of alkyl halides is 3. The van der Waals surface area contributed by atoms with Gasteiger partial charge in [-0.2, -0.15) is 0 Å². The van der Waals surface area contributed by atoms with Crippen LogP contribution in [0, 0.1) is 0 Å². The summed E-state index contributed by atoms with van der Waals surface area (Å²) in [5.41, 5.74) is 0. The minimum Gasteiger partial charge on any atom is -0.131 e. The molecule has 0 aliphatic carbocycles. The van der Waals surface area contributed by atoms with E-state index in [9.17, 15) is 13.2 Å². The van der Waals surface area contributed by atoms with E-state index in [1.165, 1.54) is 0 Å². The predicted molar refractivity (Wildman–Crippen MR) is 30.5 cm³/mol. The van der Waals surface area contributed by atoms with E-state index in [1.54, 1.807) is 0 Å². The fraction of sp³-hybridized carbons (Fsp3) is 1.00. The molecule has 50 valence electrons. The summed E-state index contributed by atoms with van der Waals surface area (Å²) in [5, 5.41) is -4.18. The Morgan fingerprint density at radius 2 is 1.12 bits per heavy atom. The molecule has 0 radical (unpaired) electrons. The maximum absolute atomic E-state index is 11.2. The van der Waals surface area contributed by atoms with Gasteiger partial charge in [-0.3, -0.25) is 0 Å². The minimum atomic E-state index is -4.66. The van der Waals surface area contributed by atoms with Gasteiger partial charge in [-0.15, -0.1) is 13.2 Å². The van der Waals surface area contributed by atoms with E-state index < -0.39 is 11.2 Å². The van der Waals surface area contributed by atoms with E-state index in [2.05, 4.69) is 33.7 Å². The largest absolute Gasteiger partial charge is 0.560 e. The van der Waals surface area contributed by atoms with Crippen molar-refractivity contribution in [1.82, 2.24) is 0 Å². The second kappa shape index (κ2) is 2.37. The van der Waals surface area contributed by atoms with Crippen LogP contribution >= 0.6 is 39.0 Å². The lowest BCUT2D eigenvalue weighted by Crippen LogP contribution is -2.01. The van der Waals surface area contributed by atoms with Crippen LogP contribution < -0.4 is 0 Å². The predicted octanol–water partition coefficient (Wildman–Crippen LogP) is 3.99. The molecule has 0 aliphatic heterocycles. The molecule has 0 bridgehead atoms. The summed E-state index contributed by atoms with van der Waals surface area (Å²) < 4.78 is 33.6. The lowest BCUT2D eigenvalue weighted by atomic mass is 11.6. The van der Waals surface area contributed by atoms with Crippen molar-refractivity contribution in [3.8, 4) is 0 Å². The highest BCUT2D eigenvalue weighted by Crippen LogP contribution is 2.83. The highest BCUT2D eigenvalue weighted by molar-refractivity contribution is 8.33. The summed E-state index contributed by atoms with van der Waals surface area (Å²) in [4.78, 5) is 0. The van der Waals surface area contributed by atoms with Crippen molar-refractivity contribution < 1.29 is 13.2 Å². The molecular weight excluding hydrogens is 206 g/mol. The second-order valence-electron chi connectivity index (χ2n) is 0.913. The van der Waals surface area contributed by atoms with Crippen molar-refractivity contribution in [2.45, 2.75) is 5.92 Å². The van der Waals surface area contributed by atoms with Gasteiger partial charge in [0.15, 0.2) is 0 Å². The molecule has 0 aromatic carbocycles. The van der Waals surface area contributed by atoms with Crippen LogP contribution in [0.25, 0.3) is 0 Å². The average Bonchev–Trinajstić information content (AvgIpc) is 1.25. The molecule has 0 saturated heterocycles. The lowest BCUT2D eigenvalue weighted by molar-refractivity contribution is -0.0376. The molecule has 0 heterocycles. The Morgan fingerprint density at radius 3 is 1.12 bits per heavy atom. The SMILES string of the molecule is FC(F)(F)[P+](Cl)(Cl)Cl. The minimum absolute atomic E-state index is 4.18. The Labute approximate surface area is 58.6 Å². The Bertz CT molecular complexity index is 69.5. The third-order valence-corrected chi connectivity index (χ3v) is 2.59. The molecule has 8 heavy (non-hydrogen) atoms. The summed E-state index contributed by atoms with van der Waals surface area (Å²) in [5.74, 6) is -4.66. The quantitative estimate of drug-likeness (QED) is 0.526. The normalized spacial score (nSPS) is 14.2. The van der Waals surface area contributed by atoms with Crippen LogP contribution in [0.15, 0.2) is 0 Å². The smallest absolute Gasteiger partial charge is 0.131 e. The highest BCUT2D eigenvalue weighted by atomic mass is 36.1. The van der Waals surface area contributed by atoms with Crippen LogP contribution in [0.1, 0.15) is 0 Å². The fourth-order valence-electron chi connectivity index (χ4n) is 0. The summed E-state index contributed by atoms with van der Waals surface area (Å²) >= 11 is 13.6. The van der Waals surface area contributed by atoms with Gasteiger partial charge in [0.05, 0.1) is 0 Å². The molecule has 0 unspecified atom stereocenters. The van der Waals surface area contributed by atoms with Gasteiger partial charge in [0.1, 0.15) is 33.7 Å². The standard InChI is InChI=1S/CCl3F3P/c2-8(3,4)1(5,6)7/q+1. The van der Waals surface area contributed by atoms with Gasteiger partial charge in [-0.05, 0) is 0 Å². The molecule has 0 amide bonds. The van der Waals surface area contributed by atoms with E-state index in [4.69, 9.17) is 0 Å². The molecule has 0 N–H and O–H groups in total. The molecule has 0 spiro atoms. The number of rotatable bonds is 0. The Balaban J connectivity index is 4.02. The van der Waals surface area contributed by atoms with Gasteiger partial charge >= 0.3 is 11.2 Å². The third kappa shape index (κ3) is 2.58. The van der Waals surface area contributed by atoms with Gasteiger partial charge in [-0.1, -0.05) is 0 Å². The summed E-state index contributed by atoms with van der Waals surface area (Å²) in [6.07, 6.45) is 0. The lowest BCUT2D eigenvalue weighted by Gasteiger charge is -2.01. The Hall–Kier alpha value is 1.09. The van der Waals surface area contributed by atoms with E-state index >= 15 is 0 Å². The van der Waals surface area contributed by atoms with Gasteiger partial charge in [0.2, 0.25) is 0 Å². The third-order valence-electron chi connectivity index (χ3n) is 0.287. The first-order chi connectivity index (χ1) is 3.25. The maximum Gasteiger partial charge on any atom is 0.560 e. The van der Waals surface area contributed by atoms with Gasteiger partial charge in [0, 0.05) is 0 Å². The van der Waals surface area contributed by atoms with Crippen LogP contribution in [-0.2, 0) is 0 Å². The molecular formula is CCl3F3P+. The zero-order valence-corrected chi connectivity index (χ0v) is 6.38. The number of hydrogen-bond acceptors (Lipinski definition) is 0. The molecule has 0 aromatic heterocycles. The second-order valence-corrected chi connectivity index (χ2v) is 8.43. The maximum atomic E-state index is 11.2. The van der Waals surface area contributed by atoms with E-state index in [0.717, 1.165) is 0 Å². The topological polar surface area (TPSA) is 0 Å². The fourth-order valence-corrected chi connectivity index (χ4v) is 0. The van der Waals surface area contributed by atoms with E-state index in [0.29, 0.717) is 0 Å². The first kappa shape index (κ1) is 9.09. The summed E-state index contributed by atoms with van der Waals surface area (Å²) in [6, 6.07) is 0. The van der Waals surface area contributed by atoms with Crippen molar-refractivity contribution in [3.63, 3.8) is 0 Å². The van der Waals surface area contributed by atoms with Crippen LogP contribution in [-0.4, -0.2) is 5.92 Å². The van der Waals surface area contributed by atoms with E-state index in [-0.39, 0.29) is 0 Å². The molecule has 0 fully saturated rings. The Morgan fingerprint density at radius 1 is 1.00 bits per heavy atom. The average molecular weight is 206 g/mol. The van der Waals surface area contributed by atoms with Gasteiger partial charge < -0.3 is 0 Å². The van der Waals surface area contributed by atoms with Gasteiger partial charge in [0.25, 0.3) is 0 Å². The van der Waals surface area contributed by atoms with Gasteiger partial charge in [-0.25, -0.2) is 0 Å². The zero-order chi connectivity index (χ0) is 7.00. The van der Waals surface area contributed by atoms with Crippen LogP contribution in [0.4, 0.5) is 13.2 Å². The molecule has 0 aliphatic rings. The molecule has 0 aromatic rings. The molecule has 0 rings (SSSR count). The molecule has 0 saturated carbocycles. The van der Waals surface area contributed by atoms with Crippen molar-refractivity contribution in [3.05, 3.63) is 0 Å². The highest BCUT2D eigenvalue weighted by Gasteiger charge is 2.64. The van der Waals surface area contributed by atoms with Crippen molar-refractivity contribution in [2.24, 2.45) is 0 Å². The summed E-state index contributed by atoms with van der Waals surface area (Å²) in [7, 11) is 0. The van der Waals surface area contributed by atoms with Crippen molar-refractivity contribution in [1.29, 1.82) is 0 Å². The van der Waals surface area contributed by atoms with Crippen molar-refractivity contribution >= 4 is 39.0 Å². The Kier molecular flexibility index (Phi) is 2.70. The van der Waals surface area contributed by atoms with Crippen LogP contribution in [0.5, 0.6) is 0 Å². The zero-order valence-electron chi connectivity index (χ0n) is 3.22. The monoisotopic (exact) mass is 205 g/mol. The van der Waals surface area contributed by atoms with Crippen LogP contribution in [0.2, 0.25) is 0 Å².